The molecule has 7 nitrogen and oxygen atoms in total. The minimum absolute atomic E-state index is 0.121. The van der Waals surface area contributed by atoms with Gasteiger partial charge in [-0.2, -0.15) is 0 Å². The first-order valence-electron chi connectivity index (χ1n) is 7.75. The maximum absolute atomic E-state index is 13.8. The van der Waals surface area contributed by atoms with Gasteiger partial charge in [-0.3, -0.25) is 4.79 Å². The average Bonchev–Trinajstić information content (AvgIpc) is 3.23. The Morgan fingerprint density at radius 1 is 1.46 bits per heavy atom. The molecular formula is C16H19FN4O3. The van der Waals surface area contributed by atoms with E-state index in [4.69, 9.17) is 9.47 Å². The molecule has 24 heavy (non-hydrogen) atoms. The Morgan fingerprint density at radius 2 is 2.25 bits per heavy atom. The zero-order valence-corrected chi connectivity index (χ0v) is 13.6. The SMILES string of the molecule is CCO[C@@H]1COC[C@H]1n1cc(C(=O)N(C)c2ccccc2F)nn1. The molecule has 0 spiro atoms. The third-order valence-corrected chi connectivity index (χ3v) is 3.97. The van der Waals surface area contributed by atoms with E-state index in [1.807, 2.05) is 6.92 Å². The number of aromatic nitrogens is 3. The van der Waals surface area contributed by atoms with Gasteiger partial charge in [0.1, 0.15) is 18.0 Å². The molecule has 2 atom stereocenters. The summed E-state index contributed by atoms with van der Waals surface area (Å²) in [4.78, 5) is 13.7. The highest BCUT2D eigenvalue weighted by Crippen LogP contribution is 2.23. The van der Waals surface area contributed by atoms with Gasteiger partial charge in [0.05, 0.1) is 25.1 Å². The van der Waals surface area contributed by atoms with Crippen molar-refractivity contribution in [1.29, 1.82) is 0 Å². The second kappa shape index (κ2) is 7.06. The molecule has 1 amide bonds. The van der Waals surface area contributed by atoms with Gasteiger partial charge in [-0.15, -0.1) is 5.10 Å². The van der Waals surface area contributed by atoms with Crippen molar-refractivity contribution in [3.8, 4) is 0 Å². The number of rotatable bonds is 5. The standard InChI is InChI=1S/C16H19FN4O3/c1-3-24-15-10-23-9-14(15)21-8-12(18-19-21)16(22)20(2)13-7-5-4-6-11(13)17/h4-8,14-15H,3,9-10H2,1-2H3/t14-,15-/m1/s1. The van der Waals surface area contributed by atoms with E-state index in [2.05, 4.69) is 10.3 Å². The zero-order chi connectivity index (χ0) is 17.1. The molecule has 0 saturated carbocycles. The van der Waals surface area contributed by atoms with E-state index >= 15 is 0 Å². The van der Waals surface area contributed by atoms with Crippen LogP contribution in [0.15, 0.2) is 30.5 Å². The first-order valence-corrected chi connectivity index (χ1v) is 7.75. The van der Waals surface area contributed by atoms with E-state index in [1.165, 1.54) is 24.1 Å². The van der Waals surface area contributed by atoms with Crippen molar-refractivity contribution in [2.24, 2.45) is 0 Å². The Labute approximate surface area is 139 Å². The van der Waals surface area contributed by atoms with Crippen LogP contribution in [0.4, 0.5) is 10.1 Å². The predicted molar refractivity (Wildman–Crippen MR) is 84.4 cm³/mol. The molecule has 8 heteroatoms. The summed E-state index contributed by atoms with van der Waals surface area (Å²) in [6.45, 7) is 3.41. The summed E-state index contributed by atoms with van der Waals surface area (Å²) in [5.74, 6) is -0.903. The van der Waals surface area contributed by atoms with Gasteiger partial charge in [0.2, 0.25) is 0 Å². The lowest BCUT2D eigenvalue weighted by molar-refractivity contribution is 0.0340. The lowest BCUT2D eigenvalue weighted by Gasteiger charge is -2.17. The highest BCUT2D eigenvalue weighted by atomic mass is 19.1. The Morgan fingerprint density at radius 3 is 3.00 bits per heavy atom. The molecule has 1 aromatic heterocycles. The van der Waals surface area contributed by atoms with Crippen LogP contribution in [0.3, 0.4) is 0 Å². The van der Waals surface area contributed by atoms with Crippen molar-refractivity contribution in [3.05, 3.63) is 42.0 Å². The number of halogens is 1. The molecule has 2 aromatic rings. The lowest BCUT2D eigenvalue weighted by atomic mass is 10.2. The minimum Gasteiger partial charge on any atom is -0.376 e. The number of amides is 1. The van der Waals surface area contributed by atoms with E-state index in [-0.39, 0.29) is 23.5 Å². The van der Waals surface area contributed by atoms with Crippen LogP contribution < -0.4 is 4.90 Å². The number of para-hydroxylation sites is 1. The van der Waals surface area contributed by atoms with Gasteiger partial charge in [-0.1, -0.05) is 17.3 Å². The molecule has 1 aliphatic rings. The summed E-state index contributed by atoms with van der Waals surface area (Å²) in [6.07, 6.45) is 1.43. The van der Waals surface area contributed by atoms with Crippen LogP contribution in [0.5, 0.6) is 0 Å². The lowest BCUT2D eigenvalue weighted by Crippen LogP contribution is -2.28. The van der Waals surface area contributed by atoms with Crippen LogP contribution >= 0.6 is 0 Å². The Bertz CT molecular complexity index is 721. The summed E-state index contributed by atoms with van der Waals surface area (Å²) >= 11 is 0. The van der Waals surface area contributed by atoms with Crippen molar-refractivity contribution in [1.82, 2.24) is 15.0 Å². The third-order valence-electron chi connectivity index (χ3n) is 3.97. The van der Waals surface area contributed by atoms with Crippen LogP contribution in [-0.2, 0) is 9.47 Å². The first-order chi connectivity index (χ1) is 11.6. The van der Waals surface area contributed by atoms with Crippen LogP contribution in [0.1, 0.15) is 23.5 Å². The normalized spacial score (nSPS) is 20.3. The van der Waals surface area contributed by atoms with Crippen molar-refractivity contribution >= 4 is 11.6 Å². The second-order valence-electron chi connectivity index (χ2n) is 5.50. The molecule has 2 heterocycles. The Hall–Kier alpha value is -2.32. The van der Waals surface area contributed by atoms with Crippen LogP contribution in [-0.4, -0.2) is 53.9 Å². The fourth-order valence-corrected chi connectivity index (χ4v) is 2.69. The molecule has 0 bridgehead atoms. The van der Waals surface area contributed by atoms with E-state index in [0.29, 0.717) is 19.8 Å². The van der Waals surface area contributed by atoms with Crippen LogP contribution in [0, 0.1) is 5.82 Å². The average molecular weight is 334 g/mol. The fourth-order valence-electron chi connectivity index (χ4n) is 2.69. The molecule has 1 aliphatic heterocycles. The quantitative estimate of drug-likeness (QED) is 0.832. The molecule has 0 N–H and O–H groups in total. The molecule has 3 rings (SSSR count). The number of anilines is 1. The van der Waals surface area contributed by atoms with Crippen molar-refractivity contribution < 1.29 is 18.7 Å². The van der Waals surface area contributed by atoms with Gasteiger partial charge in [-0.05, 0) is 19.1 Å². The molecule has 1 saturated heterocycles. The maximum atomic E-state index is 13.8. The van der Waals surface area contributed by atoms with Crippen molar-refractivity contribution in [2.45, 2.75) is 19.1 Å². The van der Waals surface area contributed by atoms with E-state index < -0.39 is 11.7 Å². The number of carbonyl (C=O) groups excluding carboxylic acids is 1. The monoisotopic (exact) mass is 334 g/mol. The maximum Gasteiger partial charge on any atom is 0.280 e. The van der Waals surface area contributed by atoms with E-state index in [0.717, 1.165) is 0 Å². The molecule has 0 unspecified atom stereocenters. The van der Waals surface area contributed by atoms with Gasteiger partial charge in [-0.25, -0.2) is 9.07 Å². The number of benzene rings is 1. The van der Waals surface area contributed by atoms with Crippen molar-refractivity contribution in [3.63, 3.8) is 0 Å². The molecule has 1 aromatic carbocycles. The number of ether oxygens (including phenoxy) is 2. The third kappa shape index (κ3) is 3.15. The summed E-state index contributed by atoms with van der Waals surface area (Å²) in [7, 11) is 1.50. The summed E-state index contributed by atoms with van der Waals surface area (Å²) in [5.41, 5.74) is 0.330. The Kier molecular flexibility index (Phi) is 4.86. The molecular weight excluding hydrogens is 315 g/mol. The first kappa shape index (κ1) is 16.5. The van der Waals surface area contributed by atoms with E-state index in [1.54, 1.807) is 23.0 Å². The summed E-state index contributed by atoms with van der Waals surface area (Å²) < 4.78 is 26.4. The minimum atomic E-state index is -0.471. The summed E-state index contributed by atoms with van der Waals surface area (Å²) in [5, 5.41) is 7.94. The van der Waals surface area contributed by atoms with Gasteiger partial charge in [0.15, 0.2) is 5.69 Å². The van der Waals surface area contributed by atoms with E-state index in [9.17, 15) is 9.18 Å². The largest absolute Gasteiger partial charge is 0.376 e. The molecule has 128 valence electrons. The second-order valence-corrected chi connectivity index (χ2v) is 5.50. The van der Waals surface area contributed by atoms with Gasteiger partial charge in [0.25, 0.3) is 5.91 Å². The highest BCUT2D eigenvalue weighted by Gasteiger charge is 2.32. The zero-order valence-electron chi connectivity index (χ0n) is 13.6. The topological polar surface area (TPSA) is 69.5 Å². The van der Waals surface area contributed by atoms with Gasteiger partial charge in [0, 0.05) is 13.7 Å². The van der Waals surface area contributed by atoms with Crippen molar-refractivity contribution in [2.75, 3.05) is 31.8 Å². The smallest absolute Gasteiger partial charge is 0.280 e. The van der Waals surface area contributed by atoms with Crippen LogP contribution in [0.25, 0.3) is 0 Å². The highest BCUT2D eigenvalue weighted by molar-refractivity contribution is 6.04. The number of hydrogen-bond acceptors (Lipinski definition) is 5. The number of hydrogen-bond donors (Lipinski definition) is 0. The Balaban J connectivity index is 1.78. The molecule has 0 radical (unpaired) electrons. The number of nitrogens with zero attached hydrogens (tertiary/aromatic N) is 4. The van der Waals surface area contributed by atoms with Gasteiger partial charge >= 0.3 is 0 Å². The molecule has 1 fully saturated rings. The fraction of sp³-hybridized carbons (Fsp3) is 0.438. The summed E-state index contributed by atoms with van der Waals surface area (Å²) in [6, 6.07) is 5.95. The van der Waals surface area contributed by atoms with Gasteiger partial charge < -0.3 is 14.4 Å². The molecule has 0 aliphatic carbocycles. The predicted octanol–water partition coefficient (Wildman–Crippen LogP) is 1.67. The number of carbonyl (C=O) groups is 1. The van der Waals surface area contributed by atoms with Crippen LogP contribution in [0.2, 0.25) is 0 Å².